The summed E-state index contributed by atoms with van der Waals surface area (Å²) in [7, 11) is 0. The Morgan fingerprint density at radius 3 is 2.91 bits per heavy atom. The highest BCUT2D eigenvalue weighted by atomic mass is 35.5. The predicted molar refractivity (Wildman–Crippen MR) is 86.6 cm³/mol. The highest BCUT2D eigenvalue weighted by Gasteiger charge is 2.12. The van der Waals surface area contributed by atoms with E-state index in [1.54, 1.807) is 16.7 Å². The number of fused-ring (bicyclic) bond motifs is 2. The topological polar surface area (TPSA) is 56.2 Å². The third-order valence-corrected chi connectivity index (χ3v) is 4.47. The van der Waals surface area contributed by atoms with Gasteiger partial charge in [0.05, 0.1) is 15.8 Å². The molecule has 0 bridgehead atoms. The van der Waals surface area contributed by atoms with Gasteiger partial charge in [-0.05, 0) is 18.2 Å². The van der Waals surface area contributed by atoms with Crippen LogP contribution in [0.25, 0.3) is 16.7 Å². The summed E-state index contributed by atoms with van der Waals surface area (Å²) >= 11 is 13.6. The second kappa shape index (κ2) is 5.46. The number of aromatic nitrogens is 4. The van der Waals surface area contributed by atoms with Crippen molar-refractivity contribution in [3.63, 3.8) is 0 Å². The summed E-state index contributed by atoms with van der Waals surface area (Å²) in [5, 5.41) is 9.87. The maximum absolute atomic E-state index is 6.10. The van der Waals surface area contributed by atoms with E-state index in [9.17, 15) is 0 Å². The first-order chi connectivity index (χ1) is 10.7. The molecule has 5 nitrogen and oxygen atoms in total. The average Bonchev–Trinajstić information content (AvgIpc) is 3.08. The molecule has 0 radical (unpaired) electrons. The Hall–Kier alpha value is -1.76. The smallest absolute Gasteiger partial charge is 0.205 e. The van der Waals surface area contributed by atoms with Crippen LogP contribution in [0.3, 0.4) is 0 Å². The van der Waals surface area contributed by atoms with Gasteiger partial charge in [0.1, 0.15) is 5.52 Å². The van der Waals surface area contributed by atoms with Gasteiger partial charge in [-0.25, -0.2) is 4.98 Å². The van der Waals surface area contributed by atoms with Gasteiger partial charge in [0.15, 0.2) is 16.4 Å². The summed E-state index contributed by atoms with van der Waals surface area (Å²) in [6.45, 7) is 0. The Labute approximate surface area is 139 Å². The molecule has 0 aliphatic heterocycles. The number of thioether (sulfide) groups is 1. The fraction of sp³-hybridized carbons (Fsp3) is 0.0714. The number of rotatable bonds is 3. The van der Waals surface area contributed by atoms with Gasteiger partial charge in [-0.1, -0.05) is 47.1 Å². The number of hydrogen-bond acceptors (Lipinski definition) is 5. The fourth-order valence-electron chi connectivity index (χ4n) is 2.11. The molecule has 0 spiro atoms. The maximum atomic E-state index is 6.10. The summed E-state index contributed by atoms with van der Waals surface area (Å²) in [6.07, 6.45) is 1.73. The van der Waals surface area contributed by atoms with Gasteiger partial charge in [-0.3, -0.25) is 4.40 Å². The van der Waals surface area contributed by atoms with Gasteiger partial charge >= 0.3 is 0 Å². The van der Waals surface area contributed by atoms with E-state index in [0.717, 1.165) is 11.1 Å². The zero-order chi connectivity index (χ0) is 15.1. The van der Waals surface area contributed by atoms with Crippen LogP contribution in [-0.2, 0) is 5.75 Å². The van der Waals surface area contributed by atoms with Gasteiger partial charge in [0.2, 0.25) is 5.89 Å². The Bertz CT molecular complexity index is 948. The van der Waals surface area contributed by atoms with Crippen LogP contribution in [0, 0.1) is 0 Å². The minimum atomic E-state index is 0.466. The molecule has 3 heterocycles. The maximum Gasteiger partial charge on any atom is 0.205 e. The summed E-state index contributed by atoms with van der Waals surface area (Å²) in [4.78, 5) is 4.43. The summed E-state index contributed by atoms with van der Waals surface area (Å²) in [5.74, 6) is 1.18. The molecule has 110 valence electrons. The van der Waals surface area contributed by atoms with E-state index in [1.165, 1.54) is 11.8 Å². The molecule has 0 saturated heterocycles. The molecule has 1 aromatic carbocycles. The van der Waals surface area contributed by atoms with Gasteiger partial charge < -0.3 is 4.42 Å². The second-order valence-electron chi connectivity index (χ2n) is 4.55. The molecule has 0 fully saturated rings. The fourth-order valence-corrected chi connectivity index (χ4v) is 3.37. The van der Waals surface area contributed by atoms with Crippen molar-refractivity contribution >= 4 is 51.7 Å². The Balaban J connectivity index is 1.63. The highest BCUT2D eigenvalue weighted by molar-refractivity contribution is 7.98. The van der Waals surface area contributed by atoms with Crippen molar-refractivity contribution in [3.8, 4) is 0 Å². The molecule has 0 atom stereocenters. The Kier molecular flexibility index (Phi) is 3.44. The van der Waals surface area contributed by atoms with Crippen LogP contribution < -0.4 is 0 Å². The highest BCUT2D eigenvalue weighted by Crippen LogP contribution is 2.27. The molecule has 0 N–H and O–H groups in total. The normalized spacial score (nSPS) is 11.5. The molecular formula is C14H8Cl2N4OS. The van der Waals surface area contributed by atoms with Crippen molar-refractivity contribution in [2.24, 2.45) is 0 Å². The SMILES string of the molecule is Clc1cc(Cl)c2nnc(SCc3nc4ccccc4o3)n2c1. The minimum absolute atomic E-state index is 0.466. The predicted octanol–water partition coefficient (Wildman–Crippen LogP) is 4.47. The molecule has 8 heteroatoms. The zero-order valence-electron chi connectivity index (χ0n) is 11.0. The van der Waals surface area contributed by atoms with E-state index in [4.69, 9.17) is 27.6 Å². The third-order valence-electron chi connectivity index (χ3n) is 3.06. The lowest BCUT2D eigenvalue weighted by atomic mass is 10.3. The van der Waals surface area contributed by atoms with E-state index in [-0.39, 0.29) is 0 Å². The third kappa shape index (κ3) is 2.43. The number of benzene rings is 1. The standard InChI is InChI=1S/C14H8Cl2N4OS/c15-8-5-9(16)13-18-19-14(20(13)6-8)22-7-12-17-10-3-1-2-4-11(10)21-12/h1-6H,7H2. The molecule has 0 unspecified atom stereocenters. The average molecular weight is 351 g/mol. The van der Waals surface area contributed by atoms with Crippen LogP contribution in [0.5, 0.6) is 0 Å². The first-order valence-corrected chi connectivity index (χ1v) is 8.12. The summed E-state index contributed by atoms with van der Waals surface area (Å²) < 4.78 is 7.45. The number of nitrogens with zero attached hydrogens (tertiary/aromatic N) is 4. The van der Waals surface area contributed by atoms with Gasteiger partial charge in [0, 0.05) is 6.20 Å². The van der Waals surface area contributed by atoms with Crippen LogP contribution in [0.2, 0.25) is 10.0 Å². The molecule has 4 aromatic rings. The number of hydrogen-bond donors (Lipinski definition) is 0. The minimum Gasteiger partial charge on any atom is -0.440 e. The number of para-hydroxylation sites is 2. The molecule has 4 rings (SSSR count). The number of halogens is 2. The Morgan fingerprint density at radius 2 is 2.05 bits per heavy atom. The van der Waals surface area contributed by atoms with Crippen molar-refractivity contribution in [2.45, 2.75) is 10.9 Å². The van der Waals surface area contributed by atoms with E-state index in [2.05, 4.69) is 15.2 Å². The van der Waals surface area contributed by atoms with Crippen molar-refractivity contribution in [1.82, 2.24) is 19.6 Å². The van der Waals surface area contributed by atoms with E-state index < -0.39 is 0 Å². The molecular weight excluding hydrogens is 343 g/mol. The lowest BCUT2D eigenvalue weighted by Crippen LogP contribution is -1.89. The van der Waals surface area contributed by atoms with Gasteiger partial charge in [-0.15, -0.1) is 10.2 Å². The number of pyridine rings is 1. The zero-order valence-corrected chi connectivity index (χ0v) is 13.4. The molecule has 0 amide bonds. The van der Waals surface area contributed by atoms with E-state index in [0.29, 0.717) is 32.5 Å². The summed E-state index contributed by atoms with van der Waals surface area (Å²) in [5.41, 5.74) is 2.19. The lowest BCUT2D eigenvalue weighted by Gasteiger charge is -2.00. The van der Waals surface area contributed by atoms with Crippen LogP contribution in [-0.4, -0.2) is 19.6 Å². The monoisotopic (exact) mass is 350 g/mol. The van der Waals surface area contributed by atoms with Crippen LogP contribution in [0.1, 0.15) is 5.89 Å². The molecule has 0 saturated carbocycles. The molecule has 3 aromatic heterocycles. The van der Waals surface area contributed by atoms with Crippen molar-refractivity contribution < 1.29 is 4.42 Å². The van der Waals surface area contributed by atoms with Crippen molar-refractivity contribution in [3.05, 3.63) is 52.5 Å². The quantitative estimate of drug-likeness (QED) is 0.510. The first kappa shape index (κ1) is 13.9. The number of oxazole rings is 1. The molecule has 0 aliphatic rings. The van der Waals surface area contributed by atoms with E-state index in [1.807, 2.05) is 24.3 Å². The van der Waals surface area contributed by atoms with Crippen LogP contribution in [0.4, 0.5) is 0 Å². The molecule has 0 aliphatic carbocycles. The Morgan fingerprint density at radius 1 is 1.18 bits per heavy atom. The van der Waals surface area contributed by atoms with Crippen LogP contribution in [0.15, 0.2) is 46.1 Å². The first-order valence-electron chi connectivity index (χ1n) is 6.38. The van der Waals surface area contributed by atoms with Crippen LogP contribution >= 0.6 is 35.0 Å². The van der Waals surface area contributed by atoms with Gasteiger partial charge in [-0.2, -0.15) is 0 Å². The van der Waals surface area contributed by atoms with Crippen molar-refractivity contribution in [2.75, 3.05) is 0 Å². The second-order valence-corrected chi connectivity index (χ2v) is 6.33. The largest absolute Gasteiger partial charge is 0.440 e. The van der Waals surface area contributed by atoms with E-state index >= 15 is 0 Å². The van der Waals surface area contributed by atoms with Crippen molar-refractivity contribution in [1.29, 1.82) is 0 Å². The lowest BCUT2D eigenvalue weighted by molar-refractivity contribution is 0.556. The molecule has 22 heavy (non-hydrogen) atoms. The summed E-state index contributed by atoms with van der Waals surface area (Å²) in [6, 6.07) is 9.29. The van der Waals surface area contributed by atoms with Gasteiger partial charge in [0.25, 0.3) is 0 Å².